The number of phenolic OH excluding ortho intramolecular Hbond substituents is 1. The quantitative estimate of drug-likeness (QED) is 0.809. The Hall–Kier alpha value is -2.56. The van der Waals surface area contributed by atoms with Crippen molar-refractivity contribution in [2.45, 2.75) is 13.8 Å². The monoisotopic (exact) mass is 288 g/mol. The van der Waals surface area contributed by atoms with Gasteiger partial charge in [0.1, 0.15) is 11.6 Å². The molecule has 0 aliphatic rings. The van der Waals surface area contributed by atoms with Gasteiger partial charge < -0.3 is 15.7 Å². The number of anilines is 2. The summed E-state index contributed by atoms with van der Waals surface area (Å²) in [7, 11) is 0. The van der Waals surface area contributed by atoms with Crippen molar-refractivity contribution in [3.63, 3.8) is 0 Å². The molecule has 3 N–H and O–H groups in total. The van der Waals surface area contributed by atoms with Crippen molar-refractivity contribution in [1.29, 1.82) is 0 Å². The maximum absolute atomic E-state index is 13.4. The number of carbonyl (C=O) groups excluding carboxylic acids is 1. The van der Waals surface area contributed by atoms with Gasteiger partial charge in [0, 0.05) is 11.3 Å². The zero-order valence-electron chi connectivity index (χ0n) is 11.9. The van der Waals surface area contributed by atoms with Crippen molar-refractivity contribution in [3.05, 3.63) is 53.3 Å². The zero-order valence-corrected chi connectivity index (χ0v) is 11.9. The lowest BCUT2D eigenvalue weighted by atomic mass is 10.1. The van der Waals surface area contributed by atoms with Gasteiger partial charge in [-0.25, -0.2) is 4.39 Å². The molecule has 110 valence electrons. The van der Waals surface area contributed by atoms with Crippen LogP contribution in [0.15, 0.2) is 36.4 Å². The maximum atomic E-state index is 13.4. The summed E-state index contributed by atoms with van der Waals surface area (Å²) in [5, 5.41) is 15.1. The van der Waals surface area contributed by atoms with E-state index in [4.69, 9.17) is 0 Å². The number of hydrogen-bond acceptors (Lipinski definition) is 3. The Labute approximate surface area is 122 Å². The van der Waals surface area contributed by atoms with Crippen molar-refractivity contribution in [1.82, 2.24) is 0 Å². The molecular weight excluding hydrogens is 271 g/mol. The van der Waals surface area contributed by atoms with Gasteiger partial charge >= 0.3 is 0 Å². The Balaban J connectivity index is 2.02. The molecule has 0 aliphatic carbocycles. The Bertz CT molecular complexity index is 671. The van der Waals surface area contributed by atoms with Crippen LogP contribution in [0.4, 0.5) is 15.8 Å². The van der Waals surface area contributed by atoms with E-state index in [9.17, 15) is 14.3 Å². The van der Waals surface area contributed by atoms with Crippen molar-refractivity contribution in [2.24, 2.45) is 0 Å². The topological polar surface area (TPSA) is 61.4 Å². The standard InChI is InChI=1S/C16H17FN2O2/c1-10-7-8-14(20)11(2)16(10)18-9-15(21)19-13-6-4-3-5-12(13)17/h3-8,18,20H,9H2,1-2H3,(H,19,21). The second-order valence-electron chi connectivity index (χ2n) is 4.78. The van der Waals surface area contributed by atoms with Crippen LogP contribution in [0, 0.1) is 19.7 Å². The van der Waals surface area contributed by atoms with Crippen LogP contribution in [0.25, 0.3) is 0 Å². The SMILES string of the molecule is Cc1ccc(O)c(C)c1NCC(=O)Nc1ccccc1F. The van der Waals surface area contributed by atoms with E-state index >= 15 is 0 Å². The summed E-state index contributed by atoms with van der Waals surface area (Å²) in [6, 6.07) is 9.36. The first-order chi connectivity index (χ1) is 9.99. The van der Waals surface area contributed by atoms with Gasteiger partial charge in [-0.2, -0.15) is 0 Å². The third kappa shape index (κ3) is 3.51. The summed E-state index contributed by atoms with van der Waals surface area (Å²) >= 11 is 0. The molecule has 0 heterocycles. The highest BCUT2D eigenvalue weighted by Gasteiger charge is 2.10. The second kappa shape index (κ2) is 6.26. The molecule has 0 radical (unpaired) electrons. The van der Waals surface area contributed by atoms with Gasteiger partial charge in [-0.1, -0.05) is 18.2 Å². The number of nitrogens with one attached hydrogen (secondary N) is 2. The fourth-order valence-corrected chi connectivity index (χ4v) is 2.03. The van der Waals surface area contributed by atoms with E-state index in [2.05, 4.69) is 10.6 Å². The average molecular weight is 288 g/mol. The van der Waals surface area contributed by atoms with Gasteiger partial charge in [0.15, 0.2) is 0 Å². The molecule has 4 nitrogen and oxygen atoms in total. The number of aromatic hydroxyl groups is 1. The zero-order chi connectivity index (χ0) is 15.4. The van der Waals surface area contributed by atoms with E-state index in [0.29, 0.717) is 11.3 Å². The predicted octanol–water partition coefficient (Wildman–Crippen LogP) is 3.20. The van der Waals surface area contributed by atoms with Crippen LogP contribution in [-0.2, 0) is 4.79 Å². The molecule has 0 fully saturated rings. The van der Waals surface area contributed by atoms with Crippen LogP contribution in [0.5, 0.6) is 5.75 Å². The summed E-state index contributed by atoms with van der Waals surface area (Å²) in [5.41, 5.74) is 2.45. The lowest BCUT2D eigenvalue weighted by Gasteiger charge is -2.14. The highest BCUT2D eigenvalue weighted by Crippen LogP contribution is 2.27. The molecule has 0 saturated carbocycles. The second-order valence-corrected chi connectivity index (χ2v) is 4.78. The van der Waals surface area contributed by atoms with Crippen LogP contribution < -0.4 is 10.6 Å². The van der Waals surface area contributed by atoms with E-state index in [1.165, 1.54) is 12.1 Å². The summed E-state index contributed by atoms with van der Waals surface area (Å²) in [5.74, 6) is -0.671. The molecule has 0 aliphatic heterocycles. The first kappa shape index (κ1) is 14.8. The highest BCUT2D eigenvalue weighted by atomic mass is 19.1. The molecule has 0 atom stereocenters. The predicted molar refractivity (Wildman–Crippen MR) is 81.1 cm³/mol. The van der Waals surface area contributed by atoms with Gasteiger partial charge in [-0.05, 0) is 37.6 Å². The molecule has 2 rings (SSSR count). The van der Waals surface area contributed by atoms with E-state index in [1.54, 1.807) is 31.2 Å². The van der Waals surface area contributed by atoms with Crippen molar-refractivity contribution in [3.8, 4) is 5.75 Å². The third-order valence-electron chi connectivity index (χ3n) is 3.22. The fourth-order valence-electron chi connectivity index (χ4n) is 2.03. The van der Waals surface area contributed by atoms with Crippen LogP contribution >= 0.6 is 0 Å². The number of halogens is 1. The first-order valence-electron chi connectivity index (χ1n) is 6.56. The Morgan fingerprint density at radius 1 is 1.19 bits per heavy atom. The largest absolute Gasteiger partial charge is 0.508 e. The van der Waals surface area contributed by atoms with Crippen molar-refractivity contribution in [2.75, 3.05) is 17.2 Å². The number of rotatable bonds is 4. The van der Waals surface area contributed by atoms with Crippen LogP contribution in [-0.4, -0.2) is 17.6 Å². The van der Waals surface area contributed by atoms with Gasteiger partial charge in [0.25, 0.3) is 0 Å². The van der Waals surface area contributed by atoms with Gasteiger partial charge in [0.05, 0.1) is 12.2 Å². The Morgan fingerprint density at radius 3 is 2.62 bits per heavy atom. The normalized spacial score (nSPS) is 10.2. The van der Waals surface area contributed by atoms with Gasteiger partial charge in [0.2, 0.25) is 5.91 Å². The lowest BCUT2D eigenvalue weighted by Crippen LogP contribution is -2.22. The van der Waals surface area contributed by atoms with E-state index in [1.807, 2.05) is 6.92 Å². The summed E-state index contributed by atoms with van der Waals surface area (Å²) in [4.78, 5) is 11.8. The minimum absolute atomic E-state index is 0.0144. The molecule has 5 heteroatoms. The molecule has 2 aromatic rings. The highest BCUT2D eigenvalue weighted by molar-refractivity contribution is 5.94. The molecule has 0 bridgehead atoms. The average Bonchev–Trinajstić information content (AvgIpc) is 2.45. The molecule has 21 heavy (non-hydrogen) atoms. The van der Waals surface area contributed by atoms with Gasteiger partial charge in [-0.3, -0.25) is 4.79 Å². The van der Waals surface area contributed by atoms with Crippen molar-refractivity contribution < 1.29 is 14.3 Å². The number of phenols is 1. The molecule has 0 spiro atoms. The van der Waals surface area contributed by atoms with E-state index < -0.39 is 5.82 Å². The van der Waals surface area contributed by atoms with Crippen LogP contribution in [0.3, 0.4) is 0 Å². The number of aryl methyl sites for hydroxylation is 1. The van der Waals surface area contributed by atoms with Crippen molar-refractivity contribution >= 4 is 17.3 Å². The van der Waals surface area contributed by atoms with Crippen LogP contribution in [0.2, 0.25) is 0 Å². The maximum Gasteiger partial charge on any atom is 0.243 e. The molecular formula is C16H17FN2O2. The minimum Gasteiger partial charge on any atom is -0.508 e. The summed E-state index contributed by atoms with van der Waals surface area (Å²) in [6.07, 6.45) is 0. The van der Waals surface area contributed by atoms with E-state index in [-0.39, 0.29) is 23.9 Å². The molecule has 0 saturated heterocycles. The first-order valence-corrected chi connectivity index (χ1v) is 6.56. The smallest absolute Gasteiger partial charge is 0.243 e. The van der Waals surface area contributed by atoms with Crippen LogP contribution in [0.1, 0.15) is 11.1 Å². The minimum atomic E-state index is -0.476. The number of amides is 1. The lowest BCUT2D eigenvalue weighted by molar-refractivity contribution is -0.114. The Kier molecular flexibility index (Phi) is 4.42. The molecule has 1 amide bonds. The fraction of sp³-hybridized carbons (Fsp3) is 0.188. The number of carbonyl (C=O) groups is 1. The van der Waals surface area contributed by atoms with E-state index in [0.717, 1.165) is 5.56 Å². The van der Waals surface area contributed by atoms with Gasteiger partial charge in [-0.15, -0.1) is 0 Å². The molecule has 2 aromatic carbocycles. The summed E-state index contributed by atoms with van der Waals surface area (Å²) in [6.45, 7) is 3.63. The number of hydrogen-bond donors (Lipinski definition) is 3. The molecule has 0 aromatic heterocycles. The summed E-state index contributed by atoms with van der Waals surface area (Å²) < 4.78 is 13.4. The molecule has 0 unspecified atom stereocenters. The third-order valence-corrected chi connectivity index (χ3v) is 3.22. The number of para-hydroxylation sites is 1. The Morgan fingerprint density at radius 2 is 1.90 bits per heavy atom. The number of benzene rings is 2.